The Labute approximate surface area is 125 Å². The smallest absolute Gasteiger partial charge is 0.315 e. The topological polar surface area (TPSA) is 54.3 Å². The first-order valence-corrected chi connectivity index (χ1v) is 7.23. The van der Waals surface area contributed by atoms with Crippen molar-refractivity contribution in [2.45, 2.75) is 39.3 Å². The molecule has 0 aliphatic rings. The number of furan rings is 1. The molecule has 1 atom stereocenters. The molecule has 112 valence electrons. The van der Waals surface area contributed by atoms with E-state index in [0.717, 1.165) is 11.3 Å². The molecule has 0 unspecified atom stereocenters. The normalized spacial score (nSPS) is 12.2. The first-order valence-electron chi connectivity index (χ1n) is 7.23. The third-order valence-electron chi connectivity index (χ3n) is 3.45. The van der Waals surface area contributed by atoms with E-state index in [2.05, 4.69) is 48.7 Å². The lowest BCUT2D eigenvalue weighted by Gasteiger charge is -2.16. The molecule has 2 aromatic rings. The molecule has 1 aromatic carbocycles. The second-order valence-electron chi connectivity index (χ2n) is 5.45. The summed E-state index contributed by atoms with van der Waals surface area (Å²) in [7, 11) is 0. The Morgan fingerprint density at radius 2 is 1.76 bits per heavy atom. The molecule has 1 heterocycles. The standard InChI is InChI=1S/C17H22N2O2/c1-12(2)14-6-8-15(9-7-14)13(3)19-17(20)18-11-16-5-4-10-21-16/h4-10,12-13H,11H2,1-3H3,(H2,18,19,20)/t13-/m0/s1. The van der Waals surface area contributed by atoms with E-state index < -0.39 is 0 Å². The molecule has 0 aliphatic heterocycles. The molecule has 2 amide bonds. The number of amides is 2. The molecule has 0 radical (unpaired) electrons. The summed E-state index contributed by atoms with van der Waals surface area (Å²) in [5.74, 6) is 1.25. The largest absolute Gasteiger partial charge is 0.467 e. The van der Waals surface area contributed by atoms with Crippen molar-refractivity contribution in [2.24, 2.45) is 0 Å². The molecule has 0 bridgehead atoms. The van der Waals surface area contributed by atoms with Gasteiger partial charge in [0.15, 0.2) is 0 Å². The molecule has 0 spiro atoms. The first-order chi connectivity index (χ1) is 10.1. The minimum Gasteiger partial charge on any atom is -0.467 e. The Morgan fingerprint density at radius 1 is 1.10 bits per heavy atom. The number of urea groups is 1. The summed E-state index contributed by atoms with van der Waals surface area (Å²) in [6.07, 6.45) is 1.59. The van der Waals surface area contributed by atoms with Crippen LogP contribution < -0.4 is 10.6 Å². The van der Waals surface area contributed by atoms with Gasteiger partial charge in [-0.1, -0.05) is 38.1 Å². The average Bonchev–Trinajstić information content (AvgIpc) is 2.98. The molecule has 1 aromatic heterocycles. The maximum Gasteiger partial charge on any atom is 0.315 e. The van der Waals surface area contributed by atoms with Crippen molar-refractivity contribution < 1.29 is 9.21 Å². The third-order valence-corrected chi connectivity index (χ3v) is 3.45. The molecule has 0 saturated carbocycles. The van der Waals surface area contributed by atoms with Crippen molar-refractivity contribution in [1.82, 2.24) is 10.6 Å². The molecule has 2 N–H and O–H groups in total. The van der Waals surface area contributed by atoms with E-state index in [4.69, 9.17) is 4.42 Å². The van der Waals surface area contributed by atoms with Crippen LogP contribution in [-0.4, -0.2) is 6.03 Å². The van der Waals surface area contributed by atoms with Gasteiger partial charge in [0.1, 0.15) is 5.76 Å². The molecular formula is C17H22N2O2. The Morgan fingerprint density at radius 3 is 2.33 bits per heavy atom. The summed E-state index contributed by atoms with van der Waals surface area (Å²) >= 11 is 0. The highest BCUT2D eigenvalue weighted by Gasteiger charge is 2.10. The van der Waals surface area contributed by atoms with Crippen LogP contribution in [0, 0.1) is 0 Å². The van der Waals surface area contributed by atoms with Gasteiger partial charge in [0.05, 0.1) is 18.8 Å². The van der Waals surface area contributed by atoms with Crippen LogP contribution in [0.15, 0.2) is 47.1 Å². The van der Waals surface area contributed by atoms with Gasteiger partial charge >= 0.3 is 6.03 Å². The zero-order chi connectivity index (χ0) is 15.2. The van der Waals surface area contributed by atoms with Crippen molar-refractivity contribution >= 4 is 6.03 Å². The maximum absolute atomic E-state index is 11.8. The van der Waals surface area contributed by atoms with Crippen molar-refractivity contribution in [3.05, 3.63) is 59.5 Å². The highest BCUT2D eigenvalue weighted by molar-refractivity contribution is 5.74. The lowest BCUT2D eigenvalue weighted by atomic mass is 10.00. The monoisotopic (exact) mass is 286 g/mol. The highest BCUT2D eigenvalue weighted by Crippen LogP contribution is 2.18. The molecule has 0 aliphatic carbocycles. The quantitative estimate of drug-likeness (QED) is 0.874. The number of nitrogens with one attached hydrogen (secondary N) is 2. The van der Waals surface area contributed by atoms with Crippen LogP contribution in [0.1, 0.15) is 49.6 Å². The molecule has 0 saturated heterocycles. The fourth-order valence-corrected chi connectivity index (χ4v) is 2.08. The molecular weight excluding hydrogens is 264 g/mol. The van der Waals surface area contributed by atoms with Crippen LogP contribution in [0.5, 0.6) is 0 Å². The summed E-state index contributed by atoms with van der Waals surface area (Å²) in [4.78, 5) is 11.8. The van der Waals surface area contributed by atoms with Gasteiger partial charge < -0.3 is 15.1 Å². The van der Waals surface area contributed by atoms with Gasteiger partial charge in [0, 0.05) is 0 Å². The molecule has 21 heavy (non-hydrogen) atoms. The third kappa shape index (κ3) is 4.38. The Balaban J connectivity index is 1.85. The molecule has 2 rings (SSSR count). The lowest BCUT2D eigenvalue weighted by Crippen LogP contribution is -2.36. The van der Waals surface area contributed by atoms with Crippen LogP contribution in [0.2, 0.25) is 0 Å². The van der Waals surface area contributed by atoms with Gasteiger partial charge in [-0.25, -0.2) is 4.79 Å². The summed E-state index contributed by atoms with van der Waals surface area (Å²) in [5.41, 5.74) is 2.39. The van der Waals surface area contributed by atoms with Crippen LogP contribution in [0.25, 0.3) is 0 Å². The predicted octanol–water partition coefficient (Wildman–Crippen LogP) is 3.96. The number of carbonyl (C=O) groups excluding carboxylic acids is 1. The number of hydrogen-bond acceptors (Lipinski definition) is 2. The predicted molar refractivity (Wildman–Crippen MR) is 83.0 cm³/mol. The molecule has 4 heteroatoms. The minimum absolute atomic E-state index is 0.0391. The van der Waals surface area contributed by atoms with Crippen LogP contribution in [0.3, 0.4) is 0 Å². The zero-order valence-corrected chi connectivity index (χ0v) is 12.7. The summed E-state index contributed by atoms with van der Waals surface area (Å²) in [5, 5.41) is 5.69. The van der Waals surface area contributed by atoms with Crippen molar-refractivity contribution in [3.8, 4) is 0 Å². The van der Waals surface area contributed by atoms with E-state index in [9.17, 15) is 4.79 Å². The lowest BCUT2D eigenvalue weighted by molar-refractivity contribution is 0.236. The fraction of sp³-hybridized carbons (Fsp3) is 0.353. The molecule has 0 fully saturated rings. The van der Waals surface area contributed by atoms with E-state index in [0.29, 0.717) is 12.5 Å². The van der Waals surface area contributed by atoms with Crippen molar-refractivity contribution in [2.75, 3.05) is 0 Å². The average molecular weight is 286 g/mol. The maximum atomic E-state index is 11.8. The van der Waals surface area contributed by atoms with Gasteiger partial charge in [0.25, 0.3) is 0 Å². The van der Waals surface area contributed by atoms with Crippen molar-refractivity contribution in [3.63, 3.8) is 0 Å². The summed E-state index contributed by atoms with van der Waals surface area (Å²) < 4.78 is 5.17. The van der Waals surface area contributed by atoms with E-state index in [-0.39, 0.29) is 12.1 Å². The second kappa shape index (κ2) is 6.97. The minimum atomic E-state index is -0.202. The second-order valence-corrected chi connectivity index (χ2v) is 5.45. The number of rotatable bonds is 5. The van der Waals surface area contributed by atoms with Gasteiger partial charge in [0.2, 0.25) is 0 Å². The Hall–Kier alpha value is -2.23. The summed E-state index contributed by atoms with van der Waals surface area (Å²) in [6, 6.07) is 11.7. The van der Waals surface area contributed by atoms with Gasteiger partial charge in [-0.2, -0.15) is 0 Å². The van der Waals surface area contributed by atoms with Crippen molar-refractivity contribution in [1.29, 1.82) is 0 Å². The number of carbonyl (C=O) groups is 1. The van der Waals surface area contributed by atoms with E-state index >= 15 is 0 Å². The SMILES string of the molecule is CC(C)c1ccc([C@H](C)NC(=O)NCc2ccco2)cc1. The number of hydrogen-bond donors (Lipinski definition) is 2. The van der Waals surface area contributed by atoms with Gasteiger partial charge in [-0.05, 0) is 36.1 Å². The summed E-state index contributed by atoms with van der Waals surface area (Å²) in [6.45, 7) is 6.69. The fourth-order valence-electron chi connectivity index (χ4n) is 2.08. The Kier molecular flexibility index (Phi) is 5.04. The van der Waals surface area contributed by atoms with E-state index in [1.807, 2.05) is 13.0 Å². The first kappa shape index (κ1) is 15.2. The number of benzene rings is 1. The molecule has 4 nitrogen and oxygen atoms in total. The van der Waals surface area contributed by atoms with Gasteiger partial charge in [-0.3, -0.25) is 0 Å². The Bertz CT molecular complexity index is 559. The van der Waals surface area contributed by atoms with Gasteiger partial charge in [-0.15, -0.1) is 0 Å². The van der Waals surface area contributed by atoms with Crippen LogP contribution in [0.4, 0.5) is 4.79 Å². The van der Waals surface area contributed by atoms with Crippen LogP contribution >= 0.6 is 0 Å². The van der Waals surface area contributed by atoms with Crippen LogP contribution in [-0.2, 0) is 6.54 Å². The zero-order valence-electron chi connectivity index (χ0n) is 12.7. The van der Waals surface area contributed by atoms with E-state index in [1.165, 1.54) is 5.56 Å². The van der Waals surface area contributed by atoms with E-state index in [1.54, 1.807) is 12.3 Å². The highest BCUT2D eigenvalue weighted by atomic mass is 16.3.